The van der Waals surface area contributed by atoms with Gasteiger partial charge in [0.05, 0.1) is 5.69 Å². The number of nitrogens with one attached hydrogen (secondary N) is 1. The third-order valence-corrected chi connectivity index (χ3v) is 3.25. The fourth-order valence-corrected chi connectivity index (χ4v) is 2.01. The Morgan fingerprint density at radius 3 is 2.58 bits per heavy atom. The minimum Gasteiger partial charge on any atom is -0.480 e. The average Bonchev–Trinajstić information content (AvgIpc) is 2.59. The van der Waals surface area contributed by atoms with Crippen LogP contribution in [0.2, 0.25) is 0 Å². The van der Waals surface area contributed by atoms with Crippen molar-refractivity contribution in [3.63, 3.8) is 0 Å². The van der Waals surface area contributed by atoms with Crippen LogP contribution in [0, 0.1) is 0 Å². The molecule has 0 aliphatic rings. The molecule has 0 aliphatic carbocycles. The van der Waals surface area contributed by atoms with Crippen LogP contribution < -0.4 is 10.9 Å². The number of carboxylic acid groups (broad SMARTS) is 1. The van der Waals surface area contributed by atoms with Crippen LogP contribution in [-0.2, 0) is 9.53 Å². The van der Waals surface area contributed by atoms with E-state index in [1.54, 1.807) is 30.3 Å². The first kappa shape index (κ1) is 17.4. The Labute approximate surface area is 137 Å². The molecule has 2 N–H and O–H groups in total. The van der Waals surface area contributed by atoms with E-state index in [-0.39, 0.29) is 18.7 Å². The third-order valence-electron chi connectivity index (χ3n) is 3.25. The fraction of sp³-hybridized carbons (Fsp3) is 0.250. The van der Waals surface area contributed by atoms with Crippen molar-refractivity contribution < 1.29 is 19.4 Å². The molecule has 0 saturated heterocycles. The Morgan fingerprint density at radius 2 is 1.96 bits per heavy atom. The number of carboxylic acids is 1. The summed E-state index contributed by atoms with van der Waals surface area (Å²) >= 11 is 0. The monoisotopic (exact) mass is 331 g/mol. The molecule has 8 heteroatoms. The van der Waals surface area contributed by atoms with Gasteiger partial charge in [-0.2, -0.15) is 9.78 Å². The smallest absolute Gasteiger partial charge is 0.326 e. The summed E-state index contributed by atoms with van der Waals surface area (Å²) in [4.78, 5) is 35.3. The van der Waals surface area contributed by atoms with E-state index in [2.05, 4.69) is 10.4 Å². The Balaban J connectivity index is 2.24. The number of benzene rings is 1. The normalized spacial score (nSPS) is 11.7. The van der Waals surface area contributed by atoms with E-state index < -0.39 is 23.5 Å². The van der Waals surface area contributed by atoms with Gasteiger partial charge in [-0.25, -0.2) is 4.79 Å². The predicted octanol–water partition coefficient (Wildman–Crippen LogP) is 0.452. The second-order valence-corrected chi connectivity index (χ2v) is 4.95. The number of rotatable bonds is 7. The van der Waals surface area contributed by atoms with Crippen LogP contribution in [0.1, 0.15) is 16.9 Å². The first-order chi connectivity index (χ1) is 11.5. The van der Waals surface area contributed by atoms with E-state index in [4.69, 9.17) is 9.84 Å². The maximum Gasteiger partial charge on any atom is 0.326 e. The number of nitrogens with zero attached hydrogens (tertiary/aromatic N) is 2. The molecule has 1 atom stereocenters. The summed E-state index contributed by atoms with van der Waals surface area (Å²) in [6.07, 6.45) is 0.121. The maximum atomic E-state index is 12.2. The van der Waals surface area contributed by atoms with Gasteiger partial charge in [0.15, 0.2) is 0 Å². The van der Waals surface area contributed by atoms with Crippen LogP contribution in [0.4, 0.5) is 0 Å². The quantitative estimate of drug-likeness (QED) is 0.762. The molecular formula is C16H17N3O5. The molecule has 1 aromatic heterocycles. The molecular weight excluding hydrogens is 314 g/mol. The molecule has 8 nitrogen and oxygen atoms in total. The van der Waals surface area contributed by atoms with Crippen molar-refractivity contribution in [1.29, 1.82) is 0 Å². The molecule has 0 fully saturated rings. The number of hydrogen-bond acceptors (Lipinski definition) is 5. The van der Waals surface area contributed by atoms with Gasteiger partial charge in [0, 0.05) is 26.2 Å². The Bertz CT molecular complexity index is 773. The second kappa shape index (κ2) is 8.02. The van der Waals surface area contributed by atoms with Crippen LogP contribution in [0.25, 0.3) is 5.69 Å². The number of amides is 1. The van der Waals surface area contributed by atoms with Gasteiger partial charge in [-0.1, -0.05) is 18.2 Å². The summed E-state index contributed by atoms with van der Waals surface area (Å²) < 4.78 is 5.91. The van der Waals surface area contributed by atoms with Crippen molar-refractivity contribution in [2.45, 2.75) is 12.5 Å². The van der Waals surface area contributed by atoms with Gasteiger partial charge in [-0.05, 0) is 18.2 Å². The third kappa shape index (κ3) is 4.26. The van der Waals surface area contributed by atoms with Crippen molar-refractivity contribution in [2.24, 2.45) is 0 Å². The van der Waals surface area contributed by atoms with Crippen LogP contribution in [-0.4, -0.2) is 46.5 Å². The van der Waals surface area contributed by atoms with E-state index in [1.807, 2.05) is 0 Å². The average molecular weight is 331 g/mol. The molecule has 1 heterocycles. The van der Waals surface area contributed by atoms with Crippen LogP contribution >= 0.6 is 0 Å². The maximum absolute atomic E-state index is 12.2. The second-order valence-electron chi connectivity index (χ2n) is 4.95. The molecule has 0 aliphatic heterocycles. The first-order valence-electron chi connectivity index (χ1n) is 7.21. The number of hydrogen-bond donors (Lipinski definition) is 2. The van der Waals surface area contributed by atoms with Gasteiger partial charge in [-0.15, -0.1) is 0 Å². The van der Waals surface area contributed by atoms with E-state index in [0.717, 1.165) is 4.68 Å². The molecule has 1 aromatic carbocycles. The number of carbonyl (C=O) groups excluding carboxylic acids is 1. The molecule has 2 rings (SSSR count). The van der Waals surface area contributed by atoms with Crippen molar-refractivity contribution >= 4 is 11.9 Å². The lowest BCUT2D eigenvalue weighted by molar-refractivity contribution is -0.139. The molecule has 1 unspecified atom stereocenters. The summed E-state index contributed by atoms with van der Waals surface area (Å²) in [5.74, 6) is -1.85. The lowest BCUT2D eigenvalue weighted by atomic mass is 10.2. The van der Waals surface area contributed by atoms with Gasteiger partial charge >= 0.3 is 5.97 Å². The molecule has 0 bridgehead atoms. The first-order valence-corrected chi connectivity index (χ1v) is 7.21. The lowest BCUT2D eigenvalue weighted by Gasteiger charge is -2.14. The summed E-state index contributed by atoms with van der Waals surface area (Å²) in [6, 6.07) is 9.98. The van der Waals surface area contributed by atoms with Crippen molar-refractivity contribution in [2.75, 3.05) is 13.7 Å². The number of para-hydroxylation sites is 1. The Morgan fingerprint density at radius 1 is 1.25 bits per heavy atom. The van der Waals surface area contributed by atoms with Gasteiger partial charge < -0.3 is 15.2 Å². The zero-order valence-corrected chi connectivity index (χ0v) is 13.0. The van der Waals surface area contributed by atoms with Gasteiger partial charge in [-0.3, -0.25) is 9.59 Å². The number of aromatic nitrogens is 2. The van der Waals surface area contributed by atoms with Crippen LogP contribution in [0.3, 0.4) is 0 Å². The largest absolute Gasteiger partial charge is 0.480 e. The van der Waals surface area contributed by atoms with E-state index in [0.29, 0.717) is 5.69 Å². The lowest BCUT2D eigenvalue weighted by Crippen LogP contribution is -2.42. The Hall–Kier alpha value is -3.00. The molecule has 126 valence electrons. The van der Waals surface area contributed by atoms with E-state index >= 15 is 0 Å². The topological polar surface area (TPSA) is 111 Å². The van der Waals surface area contributed by atoms with Crippen LogP contribution in [0.5, 0.6) is 0 Å². The summed E-state index contributed by atoms with van der Waals surface area (Å²) in [7, 11) is 1.44. The predicted molar refractivity (Wildman–Crippen MR) is 85.2 cm³/mol. The SMILES string of the molecule is COCCC(NC(=O)c1ccc(=O)n(-c2ccccc2)n1)C(=O)O. The van der Waals surface area contributed by atoms with Gasteiger partial charge in [0.1, 0.15) is 11.7 Å². The number of methoxy groups -OCH3 is 1. The minimum absolute atomic E-state index is 0.0536. The summed E-state index contributed by atoms with van der Waals surface area (Å²) in [6.45, 7) is 0.189. The van der Waals surface area contributed by atoms with Gasteiger partial charge in [0.2, 0.25) is 0 Å². The highest BCUT2D eigenvalue weighted by Gasteiger charge is 2.21. The van der Waals surface area contributed by atoms with Crippen molar-refractivity contribution in [1.82, 2.24) is 15.1 Å². The van der Waals surface area contributed by atoms with Crippen molar-refractivity contribution in [3.8, 4) is 5.69 Å². The van der Waals surface area contributed by atoms with E-state index in [1.165, 1.54) is 19.2 Å². The standard InChI is InChI=1S/C16H17N3O5/c1-24-10-9-13(16(22)23)17-15(21)12-7-8-14(20)19(18-12)11-5-3-2-4-6-11/h2-8,13H,9-10H2,1H3,(H,17,21)(H,22,23). The van der Waals surface area contributed by atoms with Crippen molar-refractivity contribution in [3.05, 3.63) is 58.5 Å². The summed E-state index contributed by atoms with van der Waals surface area (Å²) in [5, 5.41) is 15.5. The Kier molecular flexibility index (Phi) is 5.80. The highest BCUT2D eigenvalue weighted by molar-refractivity contribution is 5.94. The highest BCUT2D eigenvalue weighted by Crippen LogP contribution is 2.03. The zero-order valence-electron chi connectivity index (χ0n) is 13.0. The van der Waals surface area contributed by atoms with E-state index in [9.17, 15) is 14.4 Å². The highest BCUT2D eigenvalue weighted by atomic mass is 16.5. The molecule has 0 radical (unpaired) electrons. The number of ether oxygens (including phenoxy) is 1. The van der Waals surface area contributed by atoms with Gasteiger partial charge in [0.25, 0.3) is 11.5 Å². The molecule has 0 spiro atoms. The minimum atomic E-state index is -1.17. The van der Waals surface area contributed by atoms with Crippen LogP contribution in [0.15, 0.2) is 47.3 Å². The fourth-order valence-electron chi connectivity index (χ4n) is 2.01. The molecule has 2 aromatic rings. The molecule has 0 saturated carbocycles. The number of carbonyl (C=O) groups is 2. The number of aliphatic carboxylic acids is 1. The summed E-state index contributed by atoms with van der Waals surface area (Å²) in [5.41, 5.74) is 0.0559. The molecule has 1 amide bonds. The molecule has 24 heavy (non-hydrogen) atoms. The zero-order chi connectivity index (χ0) is 17.5.